The quantitative estimate of drug-likeness (QED) is 0.0162. The van der Waals surface area contributed by atoms with Gasteiger partial charge < -0.3 is 72.4 Å². The average molecular weight is 1100 g/mol. The lowest BCUT2D eigenvalue weighted by molar-refractivity contribution is -0.120. The number of amides is 8. The van der Waals surface area contributed by atoms with Crippen LogP contribution >= 0.6 is 0 Å². The van der Waals surface area contributed by atoms with Crippen molar-refractivity contribution < 1.29 is 62.0 Å². The fraction of sp³-hybridized carbons (Fsp3) is 0.345. The van der Waals surface area contributed by atoms with E-state index in [1.54, 1.807) is 0 Å². The summed E-state index contributed by atoms with van der Waals surface area (Å²) in [5.41, 5.74) is 14.7. The number of rotatable bonds is 32. The Morgan fingerprint density at radius 3 is 1.20 bits per heavy atom. The van der Waals surface area contributed by atoms with E-state index in [0.717, 1.165) is 16.7 Å². The SMILES string of the molecule is COc1ccc(NC(=O)[C@H](CCCCNC(=O)OCc2ccccc2)NC(=O)c2cc(NC(=O)[C@@H](N)CCCCNC(=O)OCc3ccccc3)ccc2OC)cc1C(=O)N[C@@H](CCCCNC(=O)OCc1ccccc1)C(N)=O. The Kier molecular flexibility index (Phi) is 26.1. The number of primary amides is 1. The summed E-state index contributed by atoms with van der Waals surface area (Å²) in [7, 11) is 2.70. The Morgan fingerprint density at radius 1 is 0.450 bits per heavy atom. The summed E-state index contributed by atoms with van der Waals surface area (Å²) in [5.74, 6) is -3.19. The zero-order valence-corrected chi connectivity index (χ0v) is 44.9. The van der Waals surface area contributed by atoms with Crippen LogP contribution < -0.4 is 58.2 Å². The fourth-order valence-corrected chi connectivity index (χ4v) is 7.88. The smallest absolute Gasteiger partial charge is 0.407 e. The number of unbranched alkanes of at least 4 members (excludes halogenated alkanes) is 3. The molecule has 3 atom stereocenters. The number of nitrogens with two attached hydrogens (primary N) is 2. The van der Waals surface area contributed by atoms with Crippen LogP contribution in [0.4, 0.5) is 25.8 Å². The van der Waals surface area contributed by atoms with E-state index in [0.29, 0.717) is 51.5 Å². The third-order valence-corrected chi connectivity index (χ3v) is 12.3. The topological polar surface area (TPSA) is 319 Å². The largest absolute Gasteiger partial charge is 0.496 e. The van der Waals surface area contributed by atoms with Crippen molar-refractivity contribution in [2.45, 2.75) is 95.7 Å². The molecule has 0 unspecified atom stereocenters. The molecule has 80 heavy (non-hydrogen) atoms. The lowest BCUT2D eigenvalue weighted by atomic mass is 10.1. The van der Waals surface area contributed by atoms with Crippen LogP contribution in [-0.4, -0.2) is 99.8 Å². The number of methoxy groups -OCH3 is 2. The number of alkyl carbamates (subject to hydrolysis) is 3. The molecule has 0 aromatic heterocycles. The Morgan fingerprint density at radius 2 is 0.812 bits per heavy atom. The van der Waals surface area contributed by atoms with Crippen LogP contribution in [0.15, 0.2) is 127 Å². The molecule has 5 aromatic carbocycles. The monoisotopic (exact) mass is 1100 g/mol. The number of anilines is 2. The van der Waals surface area contributed by atoms with Gasteiger partial charge in [-0.25, -0.2) is 14.4 Å². The molecule has 11 N–H and O–H groups in total. The highest BCUT2D eigenvalue weighted by Gasteiger charge is 2.26. The molecule has 0 heterocycles. The van der Waals surface area contributed by atoms with Gasteiger partial charge in [-0.05, 0) is 111 Å². The van der Waals surface area contributed by atoms with E-state index in [9.17, 15) is 38.4 Å². The zero-order chi connectivity index (χ0) is 57.5. The van der Waals surface area contributed by atoms with Crippen molar-refractivity contribution >= 4 is 59.2 Å². The molecule has 0 radical (unpaired) electrons. The first kappa shape index (κ1) is 61.7. The molecule has 426 valence electrons. The van der Waals surface area contributed by atoms with Gasteiger partial charge in [-0.2, -0.15) is 0 Å². The van der Waals surface area contributed by atoms with Crippen molar-refractivity contribution in [3.8, 4) is 11.5 Å². The van der Waals surface area contributed by atoms with Crippen LogP contribution in [0.25, 0.3) is 0 Å². The van der Waals surface area contributed by atoms with Gasteiger partial charge in [0.1, 0.15) is 43.4 Å². The van der Waals surface area contributed by atoms with Crippen LogP contribution in [0.5, 0.6) is 11.5 Å². The van der Waals surface area contributed by atoms with Gasteiger partial charge in [0.25, 0.3) is 11.8 Å². The maximum absolute atomic E-state index is 14.2. The Bertz CT molecular complexity index is 2810. The molecule has 0 spiro atoms. The van der Waals surface area contributed by atoms with E-state index in [4.69, 9.17) is 35.2 Å². The van der Waals surface area contributed by atoms with Crippen molar-refractivity contribution in [3.05, 3.63) is 155 Å². The molecule has 0 fully saturated rings. The fourth-order valence-electron chi connectivity index (χ4n) is 7.88. The highest BCUT2D eigenvalue weighted by molar-refractivity contribution is 6.05. The minimum Gasteiger partial charge on any atom is -0.496 e. The summed E-state index contributed by atoms with van der Waals surface area (Å²) in [4.78, 5) is 104. The van der Waals surface area contributed by atoms with E-state index < -0.39 is 65.9 Å². The number of benzene rings is 5. The molecule has 0 saturated heterocycles. The van der Waals surface area contributed by atoms with E-state index in [2.05, 4.69) is 37.2 Å². The summed E-state index contributed by atoms with van der Waals surface area (Å²) < 4.78 is 26.7. The molecular weight excluding hydrogens is 1030 g/mol. The Balaban J connectivity index is 1.19. The molecule has 8 amide bonds. The number of carbonyl (C=O) groups is 8. The van der Waals surface area contributed by atoms with Crippen LogP contribution in [-0.2, 0) is 48.4 Å². The van der Waals surface area contributed by atoms with Crippen LogP contribution in [0.3, 0.4) is 0 Å². The summed E-state index contributed by atoms with van der Waals surface area (Å²) >= 11 is 0. The molecule has 22 heteroatoms. The van der Waals surface area contributed by atoms with Gasteiger partial charge in [0, 0.05) is 31.0 Å². The van der Waals surface area contributed by atoms with Gasteiger partial charge >= 0.3 is 18.3 Å². The molecule has 0 bridgehead atoms. The lowest BCUT2D eigenvalue weighted by Gasteiger charge is -2.21. The van der Waals surface area contributed by atoms with Crippen molar-refractivity contribution in [2.75, 3.05) is 44.5 Å². The van der Waals surface area contributed by atoms with Gasteiger partial charge in [0.2, 0.25) is 17.7 Å². The van der Waals surface area contributed by atoms with Crippen LogP contribution in [0.1, 0.15) is 95.2 Å². The van der Waals surface area contributed by atoms with Crippen molar-refractivity contribution in [1.82, 2.24) is 26.6 Å². The number of carbonyl (C=O) groups excluding carboxylic acids is 8. The Hall–Kier alpha value is -9.18. The minimum absolute atomic E-state index is 0.0188. The second-order valence-corrected chi connectivity index (χ2v) is 18.3. The van der Waals surface area contributed by atoms with Gasteiger partial charge in [-0.1, -0.05) is 91.0 Å². The number of nitrogens with one attached hydrogen (secondary N) is 7. The first-order chi connectivity index (χ1) is 38.7. The molecule has 0 aliphatic rings. The summed E-state index contributed by atoms with van der Waals surface area (Å²) in [5, 5.41) is 18.9. The summed E-state index contributed by atoms with van der Waals surface area (Å²) in [6.45, 7) is 1.08. The Labute approximate surface area is 464 Å². The molecule has 0 saturated carbocycles. The van der Waals surface area contributed by atoms with Crippen LogP contribution in [0.2, 0.25) is 0 Å². The van der Waals surface area contributed by atoms with Gasteiger partial charge in [-0.15, -0.1) is 0 Å². The molecule has 0 aliphatic heterocycles. The lowest BCUT2D eigenvalue weighted by Crippen LogP contribution is -2.45. The minimum atomic E-state index is -1.21. The van der Waals surface area contributed by atoms with Gasteiger partial charge in [-0.3, -0.25) is 24.0 Å². The molecule has 5 aromatic rings. The van der Waals surface area contributed by atoms with Crippen LogP contribution in [0, 0.1) is 0 Å². The average Bonchev–Trinajstić information content (AvgIpc) is 3.48. The van der Waals surface area contributed by atoms with E-state index in [1.807, 2.05) is 91.0 Å². The number of ether oxygens (including phenoxy) is 5. The second kappa shape index (κ2) is 33.9. The summed E-state index contributed by atoms with van der Waals surface area (Å²) in [6.07, 6.45) is 1.34. The maximum atomic E-state index is 14.2. The maximum Gasteiger partial charge on any atom is 0.407 e. The van der Waals surface area contributed by atoms with E-state index in [-0.39, 0.29) is 79.8 Å². The molecule has 0 aliphatic carbocycles. The number of hydrogen-bond donors (Lipinski definition) is 9. The summed E-state index contributed by atoms with van der Waals surface area (Å²) in [6, 6.07) is 33.1. The predicted molar refractivity (Wildman–Crippen MR) is 298 cm³/mol. The van der Waals surface area contributed by atoms with E-state index >= 15 is 0 Å². The van der Waals surface area contributed by atoms with Crippen molar-refractivity contribution in [1.29, 1.82) is 0 Å². The molecular formula is C58H71N9O13. The normalized spacial score (nSPS) is 11.7. The standard InChI is InChI=1S/C58H71N9O13/c1-76-49-30-28-43(35-44(49)52(69)66-47(51(60)68)25-13-16-32-62-57(74)79-37-40-20-8-4-9-21-40)65-55(72)48(26-14-17-33-63-58(75)80-38-41-22-10-5-11-23-41)67-53(70)45-34-42(27-29-50(45)77-2)64-54(71)46(59)24-12-15-31-61-56(73)78-36-39-18-6-3-7-19-39/h3-11,18-23,27-30,34-35,46-48H,12-17,24-26,31-33,36-38,59H2,1-2H3,(H2,60,68)(H,61,73)(H,62,74)(H,63,75)(H,64,71)(H,65,72)(H,66,69)(H,67,70)/t46-,47-,48-/m0/s1. The van der Waals surface area contributed by atoms with Gasteiger partial charge in [0.15, 0.2) is 0 Å². The third-order valence-electron chi connectivity index (χ3n) is 12.3. The van der Waals surface area contributed by atoms with Crippen molar-refractivity contribution in [3.63, 3.8) is 0 Å². The number of hydrogen-bond acceptors (Lipinski definition) is 14. The zero-order valence-electron chi connectivity index (χ0n) is 44.9. The first-order valence-corrected chi connectivity index (χ1v) is 26.2. The van der Waals surface area contributed by atoms with E-state index in [1.165, 1.54) is 50.6 Å². The van der Waals surface area contributed by atoms with Crippen molar-refractivity contribution in [2.24, 2.45) is 11.5 Å². The molecule has 5 rings (SSSR count). The first-order valence-electron chi connectivity index (χ1n) is 26.2. The highest BCUT2D eigenvalue weighted by Crippen LogP contribution is 2.26. The predicted octanol–water partition coefficient (Wildman–Crippen LogP) is 6.58. The van der Waals surface area contributed by atoms with Gasteiger partial charge in [0.05, 0.1) is 31.4 Å². The highest BCUT2D eigenvalue weighted by atomic mass is 16.6. The third kappa shape index (κ3) is 22.0. The molecule has 22 nitrogen and oxygen atoms in total. The second-order valence-electron chi connectivity index (χ2n) is 18.3.